The van der Waals surface area contributed by atoms with Crippen LogP contribution in [0.1, 0.15) is 5.56 Å². The van der Waals surface area contributed by atoms with Gasteiger partial charge in [-0.2, -0.15) is 0 Å². The summed E-state index contributed by atoms with van der Waals surface area (Å²) < 4.78 is 12.8. The van der Waals surface area contributed by atoms with Crippen molar-refractivity contribution in [3.05, 3.63) is 54.1 Å². The maximum Gasteiger partial charge on any atom is 0.123 e. The van der Waals surface area contributed by atoms with Crippen molar-refractivity contribution in [3.63, 3.8) is 0 Å². The fraction of sp³-hybridized carbons (Fsp3) is 0.214. The number of hydrogen-bond acceptors (Lipinski definition) is 3. The van der Waals surface area contributed by atoms with E-state index in [1.807, 2.05) is 6.07 Å². The number of benzene rings is 1. The first kappa shape index (κ1) is 15.6. The Morgan fingerprint density at radius 2 is 1.84 bits per heavy atom. The summed E-state index contributed by atoms with van der Waals surface area (Å²) in [5.41, 5.74) is 8.46. The zero-order valence-electron chi connectivity index (χ0n) is 10.3. The van der Waals surface area contributed by atoms with E-state index in [4.69, 9.17) is 10.8 Å². The van der Waals surface area contributed by atoms with Gasteiger partial charge < -0.3 is 10.8 Å². The van der Waals surface area contributed by atoms with Crippen LogP contribution in [0, 0.1) is 5.82 Å². The molecule has 1 heterocycles. The Bertz CT molecular complexity index is 519. The molecule has 1 unspecified atom stereocenters. The van der Waals surface area contributed by atoms with Crippen LogP contribution in [0.2, 0.25) is 0 Å². The van der Waals surface area contributed by atoms with Crippen LogP contribution in [-0.2, 0) is 6.42 Å². The third-order valence-corrected chi connectivity index (χ3v) is 2.70. The summed E-state index contributed by atoms with van der Waals surface area (Å²) in [6.45, 7) is -0.0548. The van der Waals surface area contributed by atoms with Gasteiger partial charge in [-0.25, -0.2) is 4.39 Å². The molecule has 1 aromatic heterocycles. The van der Waals surface area contributed by atoms with Crippen LogP contribution in [0.3, 0.4) is 0 Å². The molecule has 0 radical (unpaired) electrons. The predicted molar refractivity (Wildman–Crippen MR) is 75.6 cm³/mol. The van der Waals surface area contributed by atoms with E-state index in [-0.39, 0.29) is 30.9 Å². The molecule has 102 valence electrons. The van der Waals surface area contributed by atoms with Crippen molar-refractivity contribution in [1.29, 1.82) is 0 Å². The second-order valence-corrected chi connectivity index (χ2v) is 4.24. The second kappa shape index (κ2) is 7.19. The first-order valence-corrected chi connectivity index (χ1v) is 5.75. The van der Waals surface area contributed by atoms with Crippen molar-refractivity contribution in [1.82, 2.24) is 4.98 Å². The normalized spacial score (nSPS) is 11.7. The van der Waals surface area contributed by atoms with Crippen LogP contribution in [-0.4, -0.2) is 22.7 Å². The highest BCUT2D eigenvalue weighted by atomic mass is 35.5. The van der Waals surface area contributed by atoms with E-state index < -0.39 is 0 Å². The van der Waals surface area contributed by atoms with Crippen LogP contribution in [0.15, 0.2) is 42.7 Å². The molecule has 3 nitrogen and oxygen atoms in total. The number of aromatic nitrogens is 1. The van der Waals surface area contributed by atoms with E-state index in [0.29, 0.717) is 6.42 Å². The third-order valence-electron chi connectivity index (χ3n) is 2.70. The molecule has 0 aliphatic heterocycles. The molecule has 0 fully saturated rings. The Morgan fingerprint density at radius 1 is 1.16 bits per heavy atom. The Hall–Kier alpha value is -1.49. The molecule has 0 spiro atoms. The number of rotatable bonds is 4. The van der Waals surface area contributed by atoms with Crippen LogP contribution in [0.25, 0.3) is 11.1 Å². The molecule has 2 rings (SSSR count). The van der Waals surface area contributed by atoms with Gasteiger partial charge in [-0.15, -0.1) is 12.4 Å². The lowest BCUT2D eigenvalue weighted by Crippen LogP contribution is -2.26. The minimum Gasteiger partial charge on any atom is -0.395 e. The van der Waals surface area contributed by atoms with Crippen LogP contribution in [0.5, 0.6) is 0 Å². The Morgan fingerprint density at radius 3 is 2.47 bits per heavy atom. The van der Waals surface area contributed by atoms with E-state index >= 15 is 0 Å². The summed E-state index contributed by atoms with van der Waals surface area (Å²) in [6.07, 6.45) is 4.02. The van der Waals surface area contributed by atoms with Crippen LogP contribution >= 0.6 is 12.4 Å². The van der Waals surface area contributed by atoms with E-state index in [9.17, 15) is 4.39 Å². The molecule has 0 aliphatic carbocycles. The van der Waals surface area contributed by atoms with Gasteiger partial charge in [-0.3, -0.25) is 4.98 Å². The Kier molecular flexibility index (Phi) is 5.89. The van der Waals surface area contributed by atoms with Gasteiger partial charge in [0.1, 0.15) is 5.82 Å². The highest BCUT2D eigenvalue weighted by Crippen LogP contribution is 2.20. The van der Waals surface area contributed by atoms with E-state index in [0.717, 1.165) is 16.7 Å². The SMILES string of the molecule is Cl.NC(CO)Cc1cncc(-c2ccc(F)cc2)c1. The molecule has 0 aliphatic rings. The van der Waals surface area contributed by atoms with Crippen LogP contribution < -0.4 is 5.73 Å². The molecule has 0 saturated carbocycles. The monoisotopic (exact) mass is 282 g/mol. The van der Waals surface area contributed by atoms with Gasteiger partial charge >= 0.3 is 0 Å². The quantitative estimate of drug-likeness (QED) is 0.903. The molecule has 3 N–H and O–H groups in total. The standard InChI is InChI=1S/C14H15FN2O.ClH/c15-13-3-1-11(2-4-13)12-5-10(7-17-8-12)6-14(16)9-18;/h1-5,7-8,14,18H,6,9,16H2;1H. The predicted octanol–water partition coefficient (Wildman–Crippen LogP) is 2.17. The fourth-order valence-corrected chi connectivity index (χ4v) is 1.77. The average Bonchev–Trinajstić information content (AvgIpc) is 2.40. The smallest absolute Gasteiger partial charge is 0.123 e. The van der Waals surface area contributed by atoms with Gasteiger partial charge in [0.05, 0.1) is 6.61 Å². The van der Waals surface area contributed by atoms with Gasteiger partial charge in [0, 0.05) is 24.0 Å². The first-order chi connectivity index (χ1) is 8.69. The lowest BCUT2D eigenvalue weighted by molar-refractivity contribution is 0.265. The largest absolute Gasteiger partial charge is 0.395 e. The van der Waals surface area contributed by atoms with Gasteiger partial charge in [-0.05, 0) is 35.7 Å². The molecule has 1 atom stereocenters. The molecular weight excluding hydrogens is 267 g/mol. The fourth-order valence-electron chi connectivity index (χ4n) is 1.77. The number of nitrogens with two attached hydrogens (primary N) is 1. The molecule has 0 bridgehead atoms. The summed E-state index contributed by atoms with van der Waals surface area (Å²) in [6, 6.07) is 7.93. The number of halogens is 2. The van der Waals surface area contributed by atoms with Crippen molar-refractivity contribution < 1.29 is 9.50 Å². The number of pyridine rings is 1. The molecule has 1 aromatic carbocycles. The molecule has 2 aromatic rings. The number of aliphatic hydroxyl groups excluding tert-OH is 1. The highest BCUT2D eigenvalue weighted by Gasteiger charge is 2.05. The van der Waals surface area contributed by atoms with E-state index in [1.54, 1.807) is 24.5 Å². The maximum absolute atomic E-state index is 12.8. The summed E-state index contributed by atoms with van der Waals surface area (Å²) in [4.78, 5) is 4.14. The van der Waals surface area contributed by atoms with Crippen molar-refractivity contribution >= 4 is 12.4 Å². The second-order valence-electron chi connectivity index (χ2n) is 4.24. The minimum atomic E-state index is -0.282. The van der Waals surface area contributed by atoms with E-state index in [1.165, 1.54) is 12.1 Å². The molecule has 5 heteroatoms. The van der Waals surface area contributed by atoms with Gasteiger partial charge in [0.25, 0.3) is 0 Å². The zero-order valence-corrected chi connectivity index (χ0v) is 11.1. The lowest BCUT2D eigenvalue weighted by Gasteiger charge is -2.09. The Balaban J connectivity index is 0.00000180. The zero-order chi connectivity index (χ0) is 13.0. The first-order valence-electron chi connectivity index (χ1n) is 5.75. The van der Waals surface area contributed by atoms with Gasteiger partial charge in [-0.1, -0.05) is 12.1 Å². The van der Waals surface area contributed by atoms with E-state index in [2.05, 4.69) is 4.98 Å². The number of aliphatic hydroxyl groups is 1. The van der Waals surface area contributed by atoms with Crippen molar-refractivity contribution in [2.75, 3.05) is 6.61 Å². The summed E-state index contributed by atoms with van der Waals surface area (Å²) in [5, 5.41) is 8.93. The number of hydrogen-bond donors (Lipinski definition) is 2. The molecular formula is C14H16ClFN2O. The number of nitrogens with zero attached hydrogens (tertiary/aromatic N) is 1. The topological polar surface area (TPSA) is 59.1 Å². The minimum absolute atomic E-state index is 0. The van der Waals surface area contributed by atoms with Crippen molar-refractivity contribution in [2.24, 2.45) is 5.73 Å². The van der Waals surface area contributed by atoms with Crippen molar-refractivity contribution in [3.8, 4) is 11.1 Å². The van der Waals surface area contributed by atoms with Crippen LogP contribution in [0.4, 0.5) is 4.39 Å². The molecule has 0 amide bonds. The Labute approximate surface area is 117 Å². The highest BCUT2D eigenvalue weighted by molar-refractivity contribution is 5.85. The summed E-state index contributed by atoms with van der Waals surface area (Å²) >= 11 is 0. The average molecular weight is 283 g/mol. The van der Waals surface area contributed by atoms with Crippen molar-refractivity contribution in [2.45, 2.75) is 12.5 Å². The van der Waals surface area contributed by atoms with Gasteiger partial charge in [0.2, 0.25) is 0 Å². The summed E-state index contributed by atoms with van der Waals surface area (Å²) in [5.74, 6) is -0.259. The lowest BCUT2D eigenvalue weighted by atomic mass is 10.0. The summed E-state index contributed by atoms with van der Waals surface area (Å²) in [7, 11) is 0. The molecule has 19 heavy (non-hydrogen) atoms. The maximum atomic E-state index is 12.8. The molecule has 0 saturated heterocycles. The van der Waals surface area contributed by atoms with Gasteiger partial charge in [0.15, 0.2) is 0 Å². The third kappa shape index (κ3) is 4.28.